The minimum atomic E-state index is 0.205. The average molecular weight is 156 g/mol. The van der Waals surface area contributed by atoms with Crippen LogP contribution in [0.1, 0.15) is 6.42 Å². The SMILES string of the molecule is CNC(=O)C1CC1CN(C)C. The van der Waals surface area contributed by atoms with Crippen LogP contribution in [0, 0.1) is 11.8 Å². The first-order valence-electron chi connectivity index (χ1n) is 4.01. The highest BCUT2D eigenvalue weighted by molar-refractivity contribution is 5.81. The number of nitrogens with zero attached hydrogens (tertiary/aromatic N) is 1. The smallest absolute Gasteiger partial charge is 0.223 e. The van der Waals surface area contributed by atoms with Crippen molar-refractivity contribution in [2.45, 2.75) is 6.42 Å². The van der Waals surface area contributed by atoms with E-state index in [0.717, 1.165) is 13.0 Å². The molecule has 1 fully saturated rings. The Morgan fingerprint density at radius 2 is 2.27 bits per heavy atom. The van der Waals surface area contributed by atoms with Crippen LogP contribution in [0.5, 0.6) is 0 Å². The highest BCUT2D eigenvalue weighted by Gasteiger charge is 2.42. The number of hydrogen-bond donors (Lipinski definition) is 1. The molecule has 1 N–H and O–H groups in total. The van der Waals surface area contributed by atoms with Gasteiger partial charge >= 0.3 is 0 Å². The van der Waals surface area contributed by atoms with Crippen LogP contribution in [0.15, 0.2) is 0 Å². The monoisotopic (exact) mass is 156 g/mol. The fraction of sp³-hybridized carbons (Fsp3) is 0.875. The lowest BCUT2D eigenvalue weighted by Gasteiger charge is -2.07. The zero-order chi connectivity index (χ0) is 8.43. The van der Waals surface area contributed by atoms with E-state index in [9.17, 15) is 4.79 Å². The lowest BCUT2D eigenvalue weighted by molar-refractivity contribution is -0.122. The van der Waals surface area contributed by atoms with Crippen molar-refractivity contribution in [3.63, 3.8) is 0 Å². The second-order valence-corrected chi connectivity index (χ2v) is 3.48. The Kier molecular flexibility index (Phi) is 2.49. The van der Waals surface area contributed by atoms with E-state index in [0.29, 0.717) is 11.8 Å². The van der Waals surface area contributed by atoms with E-state index >= 15 is 0 Å². The van der Waals surface area contributed by atoms with Gasteiger partial charge in [-0.25, -0.2) is 0 Å². The van der Waals surface area contributed by atoms with E-state index in [1.165, 1.54) is 0 Å². The van der Waals surface area contributed by atoms with Gasteiger partial charge in [0, 0.05) is 19.5 Å². The van der Waals surface area contributed by atoms with Gasteiger partial charge in [-0.15, -0.1) is 0 Å². The van der Waals surface area contributed by atoms with Gasteiger partial charge in [0.15, 0.2) is 0 Å². The quantitative estimate of drug-likeness (QED) is 0.620. The molecule has 64 valence electrons. The summed E-state index contributed by atoms with van der Waals surface area (Å²) in [6, 6.07) is 0. The van der Waals surface area contributed by atoms with Crippen LogP contribution in [0.3, 0.4) is 0 Å². The van der Waals surface area contributed by atoms with Crippen molar-refractivity contribution in [1.29, 1.82) is 0 Å². The van der Waals surface area contributed by atoms with Crippen LogP contribution in [0.4, 0.5) is 0 Å². The summed E-state index contributed by atoms with van der Waals surface area (Å²) >= 11 is 0. The summed E-state index contributed by atoms with van der Waals surface area (Å²) in [7, 11) is 5.78. The molecule has 0 saturated heterocycles. The van der Waals surface area contributed by atoms with E-state index in [2.05, 4.69) is 10.2 Å². The standard InChI is InChI=1S/C8H16N2O/c1-9-8(11)7-4-6(7)5-10(2)3/h6-7H,4-5H2,1-3H3,(H,9,11). The van der Waals surface area contributed by atoms with E-state index in [4.69, 9.17) is 0 Å². The molecule has 0 radical (unpaired) electrons. The number of amides is 1. The molecule has 1 aliphatic carbocycles. The van der Waals surface area contributed by atoms with Crippen LogP contribution >= 0.6 is 0 Å². The van der Waals surface area contributed by atoms with E-state index in [-0.39, 0.29) is 5.91 Å². The molecule has 1 rings (SSSR count). The van der Waals surface area contributed by atoms with Gasteiger partial charge in [0.1, 0.15) is 0 Å². The van der Waals surface area contributed by atoms with Gasteiger partial charge in [-0.1, -0.05) is 0 Å². The Labute approximate surface area is 67.8 Å². The maximum Gasteiger partial charge on any atom is 0.223 e. The van der Waals surface area contributed by atoms with Crippen molar-refractivity contribution in [1.82, 2.24) is 10.2 Å². The van der Waals surface area contributed by atoms with Gasteiger partial charge < -0.3 is 10.2 Å². The fourth-order valence-electron chi connectivity index (χ4n) is 1.42. The number of nitrogens with one attached hydrogen (secondary N) is 1. The molecule has 0 aromatic carbocycles. The van der Waals surface area contributed by atoms with Gasteiger partial charge in [0.2, 0.25) is 5.91 Å². The van der Waals surface area contributed by atoms with Gasteiger partial charge in [-0.3, -0.25) is 4.79 Å². The lowest BCUT2D eigenvalue weighted by Crippen LogP contribution is -2.23. The number of carbonyl (C=O) groups is 1. The summed E-state index contributed by atoms with van der Waals surface area (Å²) in [5.74, 6) is 1.10. The Bertz CT molecular complexity index is 156. The molecule has 2 atom stereocenters. The summed E-state index contributed by atoms with van der Waals surface area (Å²) < 4.78 is 0. The largest absolute Gasteiger partial charge is 0.359 e. The minimum absolute atomic E-state index is 0.205. The third-order valence-corrected chi connectivity index (χ3v) is 2.11. The predicted octanol–water partition coefficient (Wildman–Crippen LogP) is -0.0699. The molecule has 0 aromatic heterocycles. The molecule has 0 heterocycles. The Balaban J connectivity index is 2.21. The maximum absolute atomic E-state index is 11.0. The molecular formula is C8H16N2O. The third kappa shape index (κ3) is 2.19. The predicted molar refractivity (Wildman–Crippen MR) is 44.2 cm³/mol. The summed E-state index contributed by atoms with van der Waals surface area (Å²) in [4.78, 5) is 13.2. The zero-order valence-electron chi connectivity index (χ0n) is 7.42. The second-order valence-electron chi connectivity index (χ2n) is 3.48. The molecule has 2 unspecified atom stereocenters. The first-order chi connectivity index (χ1) is 5.15. The molecule has 3 nitrogen and oxygen atoms in total. The highest BCUT2D eigenvalue weighted by atomic mass is 16.1. The molecule has 0 aliphatic heterocycles. The molecule has 11 heavy (non-hydrogen) atoms. The van der Waals surface area contributed by atoms with Crippen molar-refractivity contribution in [3.05, 3.63) is 0 Å². The molecule has 1 saturated carbocycles. The number of carbonyl (C=O) groups excluding carboxylic acids is 1. The van der Waals surface area contributed by atoms with Crippen LogP contribution in [-0.4, -0.2) is 38.5 Å². The first kappa shape index (κ1) is 8.53. The highest BCUT2D eigenvalue weighted by Crippen LogP contribution is 2.38. The van der Waals surface area contributed by atoms with E-state index < -0.39 is 0 Å². The van der Waals surface area contributed by atoms with Crippen LogP contribution in [-0.2, 0) is 4.79 Å². The van der Waals surface area contributed by atoms with Crippen molar-refractivity contribution in [3.8, 4) is 0 Å². The van der Waals surface area contributed by atoms with Gasteiger partial charge in [-0.2, -0.15) is 0 Å². The summed E-state index contributed by atoms with van der Waals surface area (Å²) in [6.45, 7) is 1.04. The fourth-order valence-corrected chi connectivity index (χ4v) is 1.42. The summed E-state index contributed by atoms with van der Waals surface area (Å²) in [6.07, 6.45) is 1.07. The normalized spacial score (nSPS) is 28.7. The number of rotatable bonds is 3. The topological polar surface area (TPSA) is 32.3 Å². The van der Waals surface area contributed by atoms with Crippen LogP contribution in [0.2, 0.25) is 0 Å². The van der Waals surface area contributed by atoms with Gasteiger partial charge in [-0.05, 0) is 26.4 Å². The number of hydrogen-bond acceptors (Lipinski definition) is 2. The summed E-state index contributed by atoms with van der Waals surface area (Å²) in [5.41, 5.74) is 0. The molecule has 1 aliphatic rings. The molecule has 0 spiro atoms. The Hall–Kier alpha value is -0.570. The average Bonchev–Trinajstić information content (AvgIpc) is 2.65. The van der Waals surface area contributed by atoms with Crippen molar-refractivity contribution >= 4 is 5.91 Å². The van der Waals surface area contributed by atoms with E-state index in [1.54, 1.807) is 7.05 Å². The zero-order valence-corrected chi connectivity index (χ0v) is 7.42. The molecule has 3 heteroatoms. The van der Waals surface area contributed by atoms with Crippen LogP contribution < -0.4 is 5.32 Å². The minimum Gasteiger partial charge on any atom is -0.359 e. The second kappa shape index (κ2) is 3.22. The van der Waals surface area contributed by atoms with Crippen molar-refractivity contribution in [2.24, 2.45) is 11.8 Å². The Morgan fingerprint density at radius 3 is 2.73 bits per heavy atom. The van der Waals surface area contributed by atoms with Crippen molar-refractivity contribution < 1.29 is 4.79 Å². The Morgan fingerprint density at radius 1 is 1.64 bits per heavy atom. The van der Waals surface area contributed by atoms with Gasteiger partial charge in [0.25, 0.3) is 0 Å². The molecule has 0 bridgehead atoms. The third-order valence-electron chi connectivity index (χ3n) is 2.11. The first-order valence-corrected chi connectivity index (χ1v) is 4.01. The lowest BCUT2D eigenvalue weighted by atomic mass is 10.3. The molecule has 1 amide bonds. The molecule has 0 aromatic rings. The maximum atomic E-state index is 11.0. The molecular weight excluding hydrogens is 140 g/mol. The van der Waals surface area contributed by atoms with Crippen molar-refractivity contribution in [2.75, 3.05) is 27.7 Å². The summed E-state index contributed by atoms with van der Waals surface area (Å²) in [5, 5.41) is 2.67. The van der Waals surface area contributed by atoms with Crippen LogP contribution in [0.25, 0.3) is 0 Å². The van der Waals surface area contributed by atoms with Gasteiger partial charge in [0.05, 0.1) is 0 Å². The van der Waals surface area contributed by atoms with E-state index in [1.807, 2.05) is 14.1 Å².